The molecule has 0 saturated carbocycles. The largest absolute Gasteiger partial charge is 0.346 e. The van der Waals surface area contributed by atoms with E-state index >= 15 is 0 Å². The molecule has 7 heteroatoms. The Hall–Kier alpha value is -2.18. The molecule has 1 atom stereocenters. The molecule has 1 saturated heterocycles. The van der Waals surface area contributed by atoms with Gasteiger partial charge >= 0.3 is 0 Å². The standard InChI is InChI=1S/C14H20N4O3/c1-9(2)14(21)18-5-3-4-10(8-18)16-13(20)11-6-15-7-12(19)17-11/h6-7,9-10H,3-5,8H2,1-2H3,(H,16,20)(H,17,19)/t10-/m1/s1. The third-order valence-corrected chi connectivity index (χ3v) is 3.46. The van der Waals surface area contributed by atoms with Gasteiger partial charge in [0.25, 0.3) is 11.5 Å². The maximum atomic E-state index is 12.1. The van der Waals surface area contributed by atoms with Crippen molar-refractivity contribution in [3.8, 4) is 0 Å². The first-order valence-corrected chi connectivity index (χ1v) is 7.11. The lowest BCUT2D eigenvalue weighted by Gasteiger charge is -2.34. The Kier molecular flexibility index (Phi) is 4.72. The number of piperidine rings is 1. The van der Waals surface area contributed by atoms with Crippen LogP contribution in [0.25, 0.3) is 0 Å². The van der Waals surface area contributed by atoms with Crippen molar-refractivity contribution in [2.24, 2.45) is 5.92 Å². The number of H-pyrrole nitrogens is 1. The van der Waals surface area contributed by atoms with Crippen LogP contribution in [0.15, 0.2) is 17.2 Å². The van der Waals surface area contributed by atoms with Crippen molar-refractivity contribution in [1.82, 2.24) is 20.2 Å². The Bertz CT molecular complexity index is 582. The quantitative estimate of drug-likeness (QED) is 0.829. The smallest absolute Gasteiger partial charge is 0.269 e. The molecule has 2 amide bonds. The van der Waals surface area contributed by atoms with Crippen molar-refractivity contribution in [3.63, 3.8) is 0 Å². The van der Waals surface area contributed by atoms with Crippen molar-refractivity contribution < 1.29 is 9.59 Å². The van der Waals surface area contributed by atoms with E-state index < -0.39 is 5.56 Å². The average Bonchev–Trinajstić information content (AvgIpc) is 2.46. The number of aromatic nitrogens is 2. The van der Waals surface area contributed by atoms with Gasteiger partial charge in [-0.05, 0) is 12.8 Å². The van der Waals surface area contributed by atoms with Crippen LogP contribution in [0.4, 0.5) is 0 Å². The van der Waals surface area contributed by atoms with E-state index in [1.54, 1.807) is 4.90 Å². The Balaban J connectivity index is 1.98. The van der Waals surface area contributed by atoms with Crippen LogP contribution in [0, 0.1) is 5.92 Å². The number of likely N-dealkylation sites (tertiary alicyclic amines) is 1. The molecule has 0 radical (unpaired) electrons. The minimum Gasteiger partial charge on any atom is -0.346 e. The van der Waals surface area contributed by atoms with Crippen LogP contribution < -0.4 is 10.9 Å². The normalized spacial score (nSPS) is 18.6. The lowest BCUT2D eigenvalue weighted by Crippen LogP contribution is -2.50. The maximum Gasteiger partial charge on any atom is 0.269 e. The molecule has 21 heavy (non-hydrogen) atoms. The molecule has 1 aliphatic rings. The number of rotatable bonds is 3. The fourth-order valence-electron chi connectivity index (χ4n) is 2.42. The van der Waals surface area contributed by atoms with Crippen LogP contribution in [0.3, 0.4) is 0 Å². The molecule has 2 N–H and O–H groups in total. The first-order valence-electron chi connectivity index (χ1n) is 7.11. The number of aromatic amines is 1. The van der Waals surface area contributed by atoms with Gasteiger partial charge in [0.1, 0.15) is 5.69 Å². The van der Waals surface area contributed by atoms with E-state index in [0.29, 0.717) is 6.54 Å². The van der Waals surface area contributed by atoms with E-state index in [1.807, 2.05) is 13.8 Å². The van der Waals surface area contributed by atoms with Gasteiger partial charge in [-0.25, -0.2) is 0 Å². The number of amides is 2. The van der Waals surface area contributed by atoms with Gasteiger partial charge in [-0.3, -0.25) is 19.4 Å². The molecule has 2 heterocycles. The van der Waals surface area contributed by atoms with Crippen LogP contribution in [0.2, 0.25) is 0 Å². The van der Waals surface area contributed by atoms with E-state index in [9.17, 15) is 14.4 Å². The minimum atomic E-state index is -0.414. The predicted molar refractivity (Wildman–Crippen MR) is 76.8 cm³/mol. The summed E-state index contributed by atoms with van der Waals surface area (Å²) in [7, 11) is 0. The average molecular weight is 292 g/mol. The molecule has 2 rings (SSSR count). The SMILES string of the molecule is CC(C)C(=O)N1CCC[C@@H](NC(=O)c2cncc(=O)[nH]2)C1. The summed E-state index contributed by atoms with van der Waals surface area (Å²) in [4.78, 5) is 43.1. The highest BCUT2D eigenvalue weighted by Gasteiger charge is 2.26. The van der Waals surface area contributed by atoms with Crippen molar-refractivity contribution in [2.75, 3.05) is 13.1 Å². The second-order valence-electron chi connectivity index (χ2n) is 5.56. The monoisotopic (exact) mass is 292 g/mol. The van der Waals surface area contributed by atoms with Crippen molar-refractivity contribution in [3.05, 3.63) is 28.4 Å². The molecule has 7 nitrogen and oxygen atoms in total. The summed E-state index contributed by atoms with van der Waals surface area (Å²) in [5.41, 5.74) is -0.280. The van der Waals surface area contributed by atoms with Gasteiger partial charge in [0, 0.05) is 25.0 Å². The number of nitrogens with zero attached hydrogens (tertiary/aromatic N) is 2. The molecule has 0 spiro atoms. The van der Waals surface area contributed by atoms with E-state index in [-0.39, 0.29) is 29.5 Å². The Morgan fingerprint density at radius 1 is 1.43 bits per heavy atom. The summed E-state index contributed by atoms with van der Waals surface area (Å²) in [5, 5.41) is 2.84. The molecule has 1 fully saturated rings. The number of nitrogens with one attached hydrogen (secondary N) is 2. The van der Waals surface area contributed by atoms with Crippen molar-refractivity contribution in [2.45, 2.75) is 32.7 Å². The van der Waals surface area contributed by atoms with Crippen LogP contribution in [-0.2, 0) is 4.79 Å². The molecular formula is C14H20N4O3. The van der Waals surface area contributed by atoms with Crippen molar-refractivity contribution >= 4 is 11.8 Å². The first kappa shape index (κ1) is 15.2. The molecule has 0 aromatic carbocycles. The predicted octanol–water partition coefficient (Wildman–Crippen LogP) is 0.147. The number of hydrogen-bond donors (Lipinski definition) is 2. The summed E-state index contributed by atoms with van der Waals surface area (Å²) in [6.45, 7) is 4.97. The van der Waals surface area contributed by atoms with E-state index in [1.165, 1.54) is 6.20 Å². The molecule has 114 valence electrons. The number of hydrogen-bond acceptors (Lipinski definition) is 4. The van der Waals surface area contributed by atoms with Gasteiger partial charge in [-0.15, -0.1) is 0 Å². The fraction of sp³-hybridized carbons (Fsp3) is 0.571. The summed E-state index contributed by atoms with van der Waals surface area (Å²) in [5.74, 6) is -0.318. The van der Waals surface area contributed by atoms with Gasteiger partial charge in [-0.1, -0.05) is 13.8 Å². The molecule has 1 aliphatic heterocycles. The number of carbonyl (C=O) groups is 2. The van der Waals surface area contributed by atoms with Gasteiger partial charge in [0.05, 0.1) is 12.4 Å². The topological polar surface area (TPSA) is 95.2 Å². The zero-order valence-electron chi connectivity index (χ0n) is 12.3. The van der Waals surface area contributed by atoms with E-state index in [0.717, 1.165) is 25.6 Å². The van der Waals surface area contributed by atoms with E-state index in [4.69, 9.17) is 0 Å². The van der Waals surface area contributed by atoms with Gasteiger partial charge in [0.2, 0.25) is 5.91 Å². The molecule has 0 unspecified atom stereocenters. The third kappa shape index (κ3) is 3.90. The highest BCUT2D eigenvalue weighted by atomic mass is 16.2. The summed E-state index contributed by atoms with van der Waals surface area (Å²) in [6.07, 6.45) is 4.10. The molecule has 0 aliphatic carbocycles. The second kappa shape index (κ2) is 6.51. The zero-order valence-corrected chi connectivity index (χ0v) is 12.3. The van der Waals surface area contributed by atoms with Gasteiger partial charge < -0.3 is 15.2 Å². The zero-order chi connectivity index (χ0) is 15.4. The number of carbonyl (C=O) groups excluding carboxylic acids is 2. The maximum absolute atomic E-state index is 12.1. The Morgan fingerprint density at radius 2 is 2.19 bits per heavy atom. The van der Waals surface area contributed by atoms with Crippen LogP contribution in [0.1, 0.15) is 37.2 Å². The Labute approximate surface area is 122 Å². The van der Waals surface area contributed by atoms with Gasteiger partial charge in [0.15, 0.2) is 0 Å². The molecule has 1 aromatic rings. The molecule has 1 aromatic heterocycles. The van der Waals surface area contributed by atoms with Crippen LogP contribution >= 0.6 is 0 Å². The molecular weight excluding hydrogens is 272 g/mol. The lowest BCUT2D eigenvalue weighted by atomic mass is 10.0. The second-order valence-corrected chi connectivity index (χ2v) is 5.56. The van der Waals surface area contributed by atoms with Crippen LogP contribution in [0.5, 0.6) is 0 Å². The van der Waals surface area contributed by atoms with Crippen LogP contribution in [-0.4, -0.2) is 45.8 Å². The summed E-state index contributed by atoms with van der Waals surface area (Å²) < 4.78 is 0. The summed E-state index contributed by atoms with van der Waals surface area (Å²) in [6, 6.07) is -0.0994. The first-order chi connectivity index (χ1) is 9.97. The Morgan fingerprint density at radius 3 is 2.86 bits per heavy atom. The fourth-order valence-corrected chi connectivity index (χ4v) is 2.42. The van der Waals surface area contributed by atoms with E-state index in [2.05, 4.69) is 15.3 Å². The minimum absolute atomic E-state index is 0.0471. The molecule has 0 bridgehead atoms. The summed E-state index contributed by atoms with van der Waals surface area (Å²) >= 11 is 0. The third-order valence-electron chi connectivity index (χ3n) is 3.46. The highest BCUT2D eigenvalue weighted by Crippen LogP contribution is 2.13. The lowest BCUT2D eigenvalue weighted by molar-refractivity contribution is -0.135. The highest BCUT2D eigenvalue weighted by molar-refractivity contribution is 5.92. The van der Waals surface area contributed by atoms with Crippen molar-refractivity contribution in [1.29, 1.82) is 0 Å². The van der Waals surface area contributed by atoms with Gasteiger partial charge in [-0.2, -0.15) is 0 Å².